The van der Waals surface area contributed by atoms with Gasteiger partial charge >= 0.3 is 0 Å². The Morgan fingerprint density at radius 3 is 2.00 bits per heavy atom. The van der Waals surface area contributed by atoms with E-state index in [4.69, 9.17) is 0 Å². The van der Waals surface area contributed by atoms with Gasteiger partial charge in [-0.15, -0.1) is 0 Å². The smallest absolute Gasteiger partial charge is 0.0921 e. The zero-order chi connectivity index (χ0) is 9.10. The van der Waals surface area contributed by atoms with Crippen LogP contribution in [0.1, 0.15) is 30.7 Å². The fraction of sp³-hybridized carbons (Fsp3) is 0.333. The van der Waals surface area contributed by atoms with Gasteiger partial charge in [0.25, 0.3) is 0 Å². The molecule has 0 saturated heterocycles. The third-order valence-corrected chi connectivity index (χ3v) is 2.20. The van der Waals surface area contributed by atoms with E-state index in [1.807, 2.05) is 12.4 Å². The molecule has 0 unspecified atom stereocenters. The molecule has 2 N–H and O–H groups in total. The molecule has 0 spiro atoms. The molecule has 0 bridgehead atoms. The molecule has 0 amide bonds. The molecule has 2 aromatic heterocycles. The number of H-pyrrole nitrogens is 2. The molecule has 2 rings (SSSR count). The molecule has 68 valence electrons. The van der Waals surface area contributed by atoms with Gasteiger partial charge in [-0.3, -0.25) is 0 Å². The van der Waals surface area contributed by atoms with E-state index in [2.05, 4.69) is 26.9 Å². The molecule has 2 aromatic rings. The third kappa shape index (κ3) is 1.47. The lowest BCUT2D eigenvalue weighted by atomic mass is 10.0. The molecular formula is C9H12N4. The topological polar surface area (TPSA) is 57.4 Å². The molecule has 4 nitrogen and oxygen atoms in total. The summed E-state index contributed by atoms with van der Waals surface area (Å²) in [7, 11) is 0. The van der Waals surface area contributed by atoms with Crippen LogP contribution in [-0.4, -0.2) is 19.9 Å². The van der Waals surface area contributed by atoms with Crippen LogP contribution in [0.15, 0.2) is 25.0 Å². The quantitative estimate of drug-likeness (QED) is 0.747. The van der Waals surface area contributed by atoms with Gasteiger partial charge in [0.1, 0.15) is 0 Å². The average molecular weight is 176 g/mol. The summed E-state index contributed by atoms with van der Waals surface area (Å²) in [6, 6.07) is 0. The van der Waals surface area contributed by atoms with Gasteiger partial charge in [-0.05, 0) is 6.42 Å². The zero-order valence-electron chi connectivity index (χ0n) is 7.49. The van der Waals surface area contributed by atoms with Crippen molar-refractivity contribution < 1.29 is 0 Å². The Morgan fingerprint density at radius 1 is 1.15 bits per heavy atom. The van der Waals surface area contributed by atoms with E-state index >= 15 is 0 Å². The van der Waals surface area contributed by atoms with Crippen LogP contribution in [-0.2, 0) is 0 Å². The van der Waals surface area contributed by atoms with Crippen molar-refractivity contribution >= 4 is 0 Å². The summed E-state index contributed by atoms with van der Waals surface area (Å²) in [6.07, 6.45) is 8.15. The fourth-order valence-electron chi connectivity index (χ4n) is 1.52. The summed E-state index contributed by atoms with van der Waals surface area (Å²) in [5.41, 5.74) is 2.26. The van der Waals surface area contributed by atoms with Crippen LogP contribution in [0.4, 0.5) is 0 Å². The van der Waals surface area contributed by atoms with Crippen LogP contribution in [0, 0.1) is 0 Å². The monoisotopic (exact) mass is 176 g/mol. The van der Waals surface area contributed by atoms with Crippen LogP contribution in [0.25, 0.3) is 0 Å². The van der Waals surface area contributed by atoms with E-state index in [1.54, 1.807) is 12.7 Å². The Hall–Kier alpha value is -1.58. The number of hydrogen-bond acceptors (Lipinski definition) is 2. The van der Waals surface area contributed by atoms with Gasteiger partial charge in [0, 0.05) is 29.7 Å². The van der Waals surface area contributed by atoms with Crippen molar-refractivity contribution in [3.8, 4) is 0 Å². The van der Waals surface area contributed by atoms with Crippen LogP contribution < -0.4 is 0 Å². The van der Waals surface area contributed by atoms with Crippen LogP contribution in [0.2, 0.25) is 0 Å². The Morgan fingerprint density at radius 2 is 1.69 bits per heavy atom. The molecule has 13 heavy (non-hydrogen) atoms. The number of nitrogens with zero attached hydrogens (tertiary/aromatic N) is 2. The molecule has 2 heterocycles. The lowest BCUT2D eigenvalue weighted by Crippen LogP contribution is -1.99. The maximum absolute atomic E-state index is 4.01. The second kappa shape index (κ2) is 3.43. The SMILES string of the molecule is CCC(c1cnc[nH]1)c1cnc[nH]1. The number of hydrogen-bond donors (Lipinski definition) is 2. The first-order valence-electron chi connectivity index (χ1n) is 4.38. The number of rotatable bonds is 3. The zero-order valence-corrected chi connectivity index (χ0v) is 7.49. The Bertz CT molecular complexity index is 301. The highest BCUT2D eigenvalue weighted by Crippen LogP contribution is 2.23. The predicted octanol–water partition coefficient (Wildman–Crippen LogP) is 1.67. The Kier molecular flexibility index (Phi) is 2.12. The summed E-state index contributed by atoms with van der Waals surface area (Å²) in [4.78, 5) is 14.3. The molecule has 0 aromatic carbocycles. The largest absolute Gasteiger partial charge is 0.348 e. The maximum atomic E-state index is 4.01. The van der Waals surface area contributed by atoms with Crippen molar-refractivity contribution in [1.29, 1.82) is 0 Å². The van der Waals surface area contributed by atoms with Gasteiger partial charge < -0.3 is 9.97 Å². The van der Waals surface area contributed by atoms with Crippen molar-refractivity contribution in [3.05, 3.63) is 36.4 Å². The number of aromatic amines is 2. The van der Waals surface area contributed by atoms with Crippen molar-refractivity contribution in [2.45, 2.75) is 19.3 Å². The van der Waals surface area contributed by atoms with Crippen LogP contribution >= 0.6 is 0 Å². The van der Waals surface area contributed by atoms with E-state index in [-0.39, 0.29) is 0 Å². The minimum absolute atomic E-state index is 0.352. The average Bonchev–Trinajstić information content (AvgIpc) is 2.76. The molecular weight excluding hydrogens is 164 g/mol. The molecule has 0 aliphatic heterocycles. The summed E-state index contributed by atoms with van der Waals surface area (Å²) in [6.45, 7) is 2.15. The second-order valence-electron chi connectivity index (χ2n) is 2.97. The van der Waals surface area contributed by atoms with Gasteiger partial charge in [0.15, 0.2) is 0 Å². The van der Waals surface area contributed by atoms with Crippen molar-refractivity contribution in [2.75, 3.05) is 0 Å². The molecule has 0 radical (unpaired) electrons. The minimum Gasteiger partial charge on any atom is -0.348 e. The van der Waals surface area contributed by atoms with Crippen molar-refractivity contribution in [3.63, 3.8) is 0 Å². The first kappa shape index (κ1) is 8.04. The Balaban J connectivity index is 2.29. The fourth-order valence-corrected chi connectivity index (χ4v) is 1.52. The Labute approximate surface area is 76.4 Å². The molecule has 0 atom stereocenters. The van der Waals surface area contributed by atoms with Crippen molar-refractivity contribution in [1.82, 2.24) is 19.9 Å². The number of aromatic nitrogens is 4. The van der Waals surface area contributed by atoms with E-state index < -0.39 is 0 Å². The van der Waals surface area contributed by atoms with E-state index in [9.17, 15) is 0 Å². The maximum Gasteiger partial charge on any atom is 0.0921 e. The van der Waals surface area contributed by atoms with Gasteiger partial charge in [-0.2, -0.15) is 0 Å². The standard InChI is InChI=1S/C9H12N4/c1-2-7(8-3-10-5-12-8)9-4-11-6-13-9/h3-7H,2H2,1H3,(H,10,12)(H,11,13). The molecule has 0 fully saturated rings. The minimum atomic E-state index is 0.352. The molecule has 4 heteroatoms. The lowest BCUT2D eigenvalue weighted by Gasteiger charge is -2.09. The van der Waals surface area contributed by atoms with Crippen LogP contribution in [0.3, 0.4) is 0 Å². The predicted molar refractivity (Wildman–Crippen MR) is 49.3 cm³/mol. The summed E-state index contributed by atoms with van der Waals surface area (Å²) < 4.78 is 0. The summed E-state index contributed by atoms with van der Waals surface area (Å²) in [5, 5.41) is 0. The highest BCUT2D eigenvalue weighted by Gasteiger charge is 2.13. The van der Waals surface area contributed by atoms with E-state index in [1.165, 1.54) is 0 Å². The van der Waals surface area contributed by atoms with Crippen molar-refractivity contribution in [2.24, 2.45) is 0 Å². The number of nitrogens with one attached hydrogen (secondary N) is 2. The van der Waals surface area contributed by atoms with E-state index in [0.717, 1.165) is 17.8 Å². The first-order valence-corrected chi connectivity index (χ1v) is 4.38. The molecule has 0 aliphatic carbocycles. The normalized spacial score (nSPS) is 10.9. The van der Waals surface area contributed by atoms with Gasteiger partial charge in [0.2, 0.25) is 0 Å². The molecule has 0 aliphatic rings. The number of imidazole rings is 2. The second-order valence-corrected chi connectivity index (χ2v) is 2.97. The van der Waals surface area contributed by atoms with E-state index in [0.29, 0.717) is 5.92 Å². The highest BCUT2D eigenvalue weighted by atomic mass is 14.9. The highest BCUT2D eigenvalue weighted by molar-refractivity contribution is 5.17. The van der Waals surface area contributed by atoms with Gasteiger partial charge in [0.05, 0.1) is 12.7 Å². The first-order chi connectivity index (χ1) is 6.42. The third-order valence-electron chi connectivity index (χ3n) is 2.20. The molecule has 0 saturated carbocycles. The summed E-state index contributed by atoms with van der Waals surface area (Å²) >= 11 is 0. The lowest BCUT2D eigenvalue weighted by molar-refractivity contribution is 0.735. The van der Waals surface area contributed by atoms with Gasteiger partial charge in [-0.25, -0.2) is 9.97 Å². The summed E-state index contributed by atoms with van der Waals surface area (Å²) in [5.74, 6) is 0.352. The van der Waals surface area contributed by atoms with Gasteiger partial charge in [-0.1, -0.05) is 6.92 Å². The van der Waals surface area contributed by atoms with Crippen LogP contribution in [0.5, 0.6) is 0 Å².